The molecular formula is C11H17F5N2O. The number of hydrogen-bond donors (Lipinski definition) is 2. The Kier molecular flexibility index (Phi) is 4.44. The highest BCUT2D eigenvalue weighted by Crippen LogP contribution is 2.38. The molecule has 0 aliphatic heterocycles. The van der Waals surface area contributed by atoms with Crippen LogP contribution in [-0.4, -0.2) is 30.1 Å². The second-order valence-electron chi connectivity index (χ2n) is 5.03. The van der Waals surface area contributed by atoms with Crippen LogP contribution in [0.4, 0.5) is 22.0 Å². The summed E-state index contributed by atoms with van der Waals surface area (Å²) in [5.74, 6) is -7.95. The van der Waals surface area contributed by atoms with Gasteiger partial charge in [0.2, 0.25) is 0 Å². The minimum atomic E-state index is -5.90. The van der Waals surface area contributed by atoms with Crippen LogP contribution in [0, 0.1) is 5.92 Å². The molecule has 112 valence electrons. The highest BCUT2D eigenvalue weighted by molar-refractivity contribution is 5.85. The van der Waals surface area contributed by atoms with Gasteiger partial charge in [-0.05, 0) is 18.8 Å². The molecule has 1 aliphatic carbocycles. The van der Waals surface area contributed by atoms with Gasteiger partial charge < -0.3 is 11.1 Å². The molecule has 19 heavy (non-hydrogen) atoms. The molecule has 3 nitrogen and oxygen atoms in total. The van der Waals surface area contributed by atoms with Crippen LogP contribution in [0.25, 0.3) is 0 Å². The van der Waals surface area contributed by atoms with Crippen LogP contribution in [0.3, 0.4) is 0 Å². The van der Waals surface area contributed by atoms with Gasteiger partial charge in [-0.1, -0.05) is 19.8 Å². The van der Waals surface area contributed by atoms with Crippen molar-refractivity contribution in [1.82, 2.24) is 5.32 Å². The van der Waals surface area contributed by atoms with Gasteiger partial charge in [-0.15, -0.1) is 0 Å². The zero-order chi connectivity index (χ0) is 14.9. The van der Waals surface area contributed by atoms with Crippen molar-refractivity contribution >= 4 is 5.91 Å². The number of rotatable bonds is 3. The summed E-state index contributed by atoms with van der Waals surface area (Å²) < 4.78 is 62.2. The van der Waals surface area contributed by atoms with Gasteiger partial charge in [-0.25, -0.2) is 0 Å². The minimum Gasteiger partial charge on any atom is -0.344 e. The van der Waals surface area contributed by atoms with Crippen molar-refractivity contribution in [2.45, 2.75) is 50.2 Å². The summed E-state index contributed by atoms with van der Waals surface area (Å²) in [5, 5.41) is 1.84. The average Bonchev–Trinajstić information content (AvgIpc) is 2.30. The first kappa shape index (κ1) is 16.1. The molecule has 0 aromatic heterocycles. The molecule has 1 rings (SSSR count). The predicted octanol–water partition coefficient (Wildman–Crippen LogP) is 2.21. The summed E-state index contributed by atoms with van der Waals surface area (Å²) in [6.45, 7) is 1.53. The van der Waals surface area contributed by atoms with Crippen LogP contribution >= 0.6 is 0 Å². The molecule has 0 saturated heterocycles. The number of carbonyl (C=O) groups excluding carboxylic acids is 1. The molecule has 3 N–H and O–H groups in total. The summed E-state index contributed by atoms with van der Waals surface area (Å²) >= 11 is 0. The minimum absolute atomic E-state index is 0.159. The number of amides is 1. The van der Waals surface area contributed by atoms with Crippen molar-refractivity contribution in [3.8, 4) is 0 Å². The molecule has 0 bridgehead atoms. The van der Waals surface area contributed by atoms with Gasteiger partial charge in [0.15, 0.2) is 0 Å². The second-order valence-corrected chi connectivity index (χ2v) is 5.03. The van der Waals surface area contributed by atoms with Crippen LogP contribution in [-0.2, 0) is 4.79 Å². The number of nitrogens with one attached hydrogen (secondary N) is 1. The fourth-order valence-electron chi connectivity index (χ4n) is 2.39. The van der Waals surface area contributed by atoms with E-state index < -0.39 is 23.5 Å². The Bertz CT molecular complexity index is 344. The lowest BCUT2D eigenvalue weighted by Crippen LogP contribution is -2.64. The lowest BCUT2D eigenvalue weighted by atomic mass is 9.73. The van der Waals surface area contributed by atoms with Crippen molar-refractivity contribution in [1.29, 1.82) is 0 Å². The SMILES string of the molecule is CC1CCCCC1(CN)NC(=O)C(F)(F)C(F)(F)F. The number of nitrogens with two attached hydrogens (primary N) is 1. The van der Waals surface area contributed by atoms with E-state index in [4.69, 9.17) is 5.73 Å². The van der Waals surface area contributed by atoms with Crippen LogP contribution in [0.15, 0.2) is 0 Å². The molecule has 2 unspecified atom stereocenters. The molecule has 1 aliphatic rings. The largest absolute Gasteiger partial charge is 0.463 e. The molecule has 0 spiro atoms. The van der Waals surface area contributed by atoms with Crippen molar-refractivity contribution in [3.63, 3.8) is 0 Å². The van der Waals surface area contributed by atoms with Crippen LogP contribution in [0.2, 0.25) is 0 Å². The van der Waals surface area contributed by atoms with Crippen molar-refractivity contribution in [2.24, 2.45) is 11.7 Å². The van der Waals surface area contributed by atoms with Crippen LogP contribution in [0.1, 0.15) is 32.6 Å². The lowest BCUT2D eigenvalue weighted by molar-refractivity contribution is -0.270. The Morgan fingerprint density at radius 1 is 1.32 bits per heavy atom. The molecule has 1 saturated carbocycles. The molecule has 0 aromatic carbocycles. The van der Waals surface area contributed by atoms with Crippen LogP contribution < -0.4 is 11.1 Å². The topological polar surface area (TPSA) is 55.1 Å². The van der Waals surface area contributed by atoms with Gasteiger partial charge in [0.25, 0.3) is 0 Å². The average molecular weight is 288 g/mol. The molecule has 0 radical (unpaired) electrons. The van der Waals surface area contributed by atoms with E-state index in [2.05, 4.69) is 0 Å². The quantitative estimate of drug-likeness (QED) is 0.782. The number of alkyl halides is 5. The molecule has 8 heteroatoms. The van der Waals surface area contributed by atoms with E-state index in [-0.39, 0.29) is 12.5 Å². The van der Waals surface area contributed by atoms with E-state index in [0.717, 1.165) is 6.42 Å². The monoisotopic (exact) mass is 288 g/mol. The third-order valence-corrected chi connectivity index (χ3v) is 3.82. The van der Waals surface area contributed by atoms with E-state index in [1.165, 1.54) is 0 Å². The normalized spacial score (nSPS) is 29.1. The van der Waals surface area contributed by atoms with Gasteiger partial charge in [0, 0.05) is 6.54 Å². The smallest absolute Gasteiger partial charge is 0.344 e. The standard InChI is InChI=1S/C11H17F5N2O/c1-7-4-2-3-5-9(7,6-17)18-8(19)10(12,13)11(14,15)16/h7H,2-6,17H2,1H3,(H,18,19). The third-order valence-electron chi connectivity index (χ3n) is 3.82. The summed E-state index contributed by atoms with van der Waals surface area (Å²) in [5.41, 5.74) is 4.31. The van der Waals surface area contributed by atoms with E-state index in [1.807, 2.05) is 5.32 Å². The Morgan fingerprint density at radius 3 is 2.32 bits per heavy atom. The summed E-state index contributed by atoms with van der Waals surface area (Å²) in [4.78, 5) is 11.3. The third kappa shape index (κ3) is 2.98. The zero-order valence-electron chi connectivity index (χ0n) is 10.5. The molecule has 1 amide bonds. The van der Waals surface area contributed by atoms with Crippen molar-refractivity contribution in [3.05, 3.63) is 0 Å². The fraction of sp³-hybridized carbons (Fsp3) is 0.909. The zero-order valence-corrected chi connectivity index (χ0v) is 10.5. The van der Waals surface area contributed by atoms with Gasteiger partial charge >= 0.3 is 18.0 Å². The van der Waals surface area contributed by atoms with Gasteiger partial charge in [-0.2, -0.15) is 22.0 Å². The summed E-state index contributed by atoms with van der Waals surface area (Å²) in [6.07, 6.45) is -3.47. The predicted molar refractivity (Wildman–Crippen MR) is 58.6 cm³/mol. The molecule has 0 heterocycles. The maximum absolute atomic E-state index is 12.9. The molecule has 2 atom stereocenters. The second kappa shape index (κ2) is 5.22. The van der Waals surface area contributed by atoms with Crippen LogP contribution in [0.5, 0.6) is 0 Å². The van der Waals surface area contributed by atoms with E-state index in [1.54, 1.807) is 6.92 Å². The Labute approximate surface area is 107 Å². The summed E-state index contributed by atoms with van der Waals surface area (Å²) in [7, 11) is 0. The number of carbonyl (C=O) groups is 1. The van der Waals surface area contributed by atoms with Crippen molar-refractivity contribution in [2.75, 3.05) is 6.54 Å². The van der Waals surface area contributed by atoms with Gasteiger partial charge in [-0.3, -0.25) is 4.79 Å². The van der Waals surface area contributed by atoms with Crippen molar-refractivity contribution < 1.29 is 26.7 Å². The Balaban J connectivity index is 2.90. The maximum Gasteiger partial charge on any atom is 0.463 e. The first-order valence-electron chi connectivity index (χ1n) is 6.04. The molecule has 0 aromatic rings. The number of halogens is 5. The highest BCUT2D eigenvalue weighted by Gasteiger charge is 2.64. The van der Waals surface area contributed by atoms with Gasteiger partial charge in [0.1, 0.15) is 0 Å². The maximum atomic E-state index is 12.9. The lowest BCUT2D eigenvalue weighted by Gasteiger charge is -2.43. The molecule has 1 fully saturated rings. The Morgan fingerprint density at radius 2 is 1.89 bits per heavy atom. The Hall–Kier alpha value is -0.920. The first-order chi connectivity index (χ1) is 8.57. The first-order valence-corrected chi connectivity index (χ1v) is 6.04. The van der Waals surface area contributed by atoms with E-state index >= 15 is 0 Å². The number of hydrogen-bond acceptors (Lipinski definition) is 2. The summed E-state index contributed by atoms with van der Waals surface area (Å²) in [6, 6.07) is 0. The van der Waals surface area contributed by atoms with E-state index in [0.29, 0.717) is 19.3 Å². The highest BCUT2D eigenvalue weighted by atomic mass is 19.4. The fourth-order valence-corrected chi connectivity index (χ4v) is 2.39. The van der Waals surface area contributed by atoms with Gasteiger partial charge in [0.05, 0.1) is 5.54 Å². The van der Waals surface area contributed by atoms with E-state index in [9.17, 15) is 26.7 Å². The molecular weight excluding hydrogens is 271 g/mol.